The third-order valence-electron chi connectivity index (χ3n) is 4.89. The third-order valence-corrected chi connectivity index (χ3v) is 4.89. The topological polar surface area (TPSA) is 78.1 Å². The molecule has 1 unspecified atom stereocenters. The number of aromatic nitrogens is 3. The Kier molecular flexibility index (Phi) is 4.62. The Labute approximate surface area is 136 Å². The highest BCUT2D eigenvalue weighted by Gasteiger charge is 2.32. The van der Waals surface area contributed by atoms with Gasteiger partial charge in [0.25, 0.3) is 0 Å². The van der Waals surface area contributed by atoms with Crippen molar-refractivity contribution in [3.8, 4) is 6.07 Å². The molecule has 2 heterocycles. The number of carbonyl (C=O) groups is 1. The van der Waals surface area contributed by atoms with E-state index < -0.39 is 0 Å². The Morgan fingerprint density at radius 1 is 1.39 bits per heavy atom. The molecule has 0 aromatic carbocycles. The van der Waals surface area contributed by atoms with E-state index in [1.54, 1.807) is 6.92 Å². The molecule has 0 spiro atoms. The molecular formula is C16H24N6O. The van der Waals surface area contributed by atoms with Gasteiger partial charge >= 0.3 is 0 Å². The number of likely N-dealkylation sites (tertiary alicyclic amines) is 1. The molecule has 1 saturated carbocycles. The lowest BCUT2D eigenvalue weighted by Gasteiger charge is -2.27. The van der Waals surface area contributed by atoms with Gasteiger partial charge in [0.2, 0.25) is 5.91 Å². The van der Waals surface area contributed by atoms with Crippen LogP contribution in [0.15, 0.2) is 0 Å². The summed E-state index contributed by atoms with van der Waals surface area (Å²) in [7, 11) is 2.00. The lowest BCUT2D eigenvalue weighted by atomic mass is 10.2. The number of carbonyl (C=O) groups excluding carboxylic acids is 1. The molecule has 1 atom stereocenters. The van der Waals surface area contributed by atoms with Crippen LogP contribution in [0.4, 0.5) is 0 Å². The smallest absolute Gasteiger partial charge is 0.220 e. The van der Waals surface area contributed by atoms with Gasteiger partial charge in [-0.15, -0.1) is 10.2 Å². The largest absolute Gasteiger partial charge is 0.331 e. The Bertz CT molecular complexity index is 615. The fourth-order valence-electron chi connectivity index (χ4n) is 3.34. The first-order chi connectivity index (χ1) is 11.1. The molecule has 3 rings (SSSR count). The van der Waals surface area contributed by atoms with Crippen LogP contribution in [0.2, 0.25) is 0 Å². The van der Waals surface area contributed by atoms with Crippen molar-refractivity contribution in [3.63, 3.8) is 0 Å². The van der Waals surface area contributed by atoms with Crippen LogP contribution in [0, 0.1) is 11.3 Å². The molecule has 124 valence electrons. The number of hydrogen-bond donors (Lipinski definition) is 0. The average Bonchev–Trinajstić information content (AvgIpc) is 3.15. The molecule has 1 aliphatic carbocycles. The van der Waals surface area contributed by atoms with Crippen LogP contribution < -0.4 is 0 Å². The summed E-state index contributed by atoms with van der Waals surface area (Å²) < 4.78 is 2.05. The number of hydrogen-bond acceptors (Lipinski definition) is 5. The van der Waals surface area contributed by atoms with Crippen molar-refractivity contribution >= 4 is 5.91 Å². The summed E-state index contributed by atoms with van der Waals surface area (Å²) >= 11 is 0. The molecule has 1 amide bonds. The Hall–Kier alpha value is -1.94. The fourth-order valence-corrected chi connectivity index (χ4v) is 3.34. The second-order valence-electron chi connectivity index (χ2n) is 6.61. The predicted molar refractivity (Wildman–Crippen MR) is 84.3 cm³/mol. The minimum absolute atomic E-state index is 0.0769. The summed E-state index contributed by atoms with van der Waals surface area (Å²) in [5.41, 5.74) is 0. The minimum Gasteiger partial charge on any atom is -0.331 e. The van der Waals surface area contributed by atoms with E-state index in [1.165, 1.54) is 12.8 Å². The monoisotopic (exact) mass is 316 g/mol. The molecule has 0 radical (unpaired) electrons. The summed E-state index contributed by atoms with van der Waals surface area (Å²) in [5.74, 6) is 2.54. The molecule has 1 aromatic heterocycles. The standard InChI is InChI=1S/C16H24N6O/c1-12(23)22(14-6-9-21(10-14)8-3-7-17)11-15-18-19-16(20(15)2)13-4-5-13/h13-14H,3-6,8-11H2,1-2H3. The maximum Gasteiger partial charge on any atom is 0.220 e. The van der Waals surface area contributed by atoms with Crippen LogP contribution in [0.3, 0.4) is 0 Å². The highest BCUT2D eigenvalue weighted by molar-refractivity contribution is 5.73. The molecule has 0 bridgehead atoms. The van der Waals surface area contributed by atoms with Crippen LogP contribution >= 0.6 is 0 Å². The normalized spacial score (nSPS) is 21.3. The van der Waals surface area contributed by atoms with E-state index in [1.807, 2.05) is 11.9 Å². The molecule has 1 saturated heterocycles. The molecule has 7 nitrogen and oxygen atoms in total. The highest BCUT2D eigenvalue weighted by Crippen LogP contribution is 2.38. The van der Waals surface area contributed by atoms with Crippen molar-refractivity contribution in [1.29, 1.82) is 5.26 Å². The van der Waals surface area contributed by atoms with Crippen molar-refractivity contribution in [1.82, 2.24) is 24.6 Å². The summed E-state index contributed by atoms with van der Waals surface area (Å²) in [5, 5.41) is 17.3. The molecule has 23 heavy (non-hydrogen) atoms. The number of amides is 1. The average molecular weight is 316 g/mol. The Morgan fingerprint density at radius 2 is 2.17 bits per heavy atom. The zero-order chi connectivity index (χ0) is 16.4. The van der Waals surface area contributed by atoms with E-state index in [9.17, 15) is 4.79 Å². The molecule has 2 fully saturated rings. The van der Waals surface area contributed by atoms with Crippen molar-refractivity contribution in [2.24, 2.45) is 7.05 Å². The van der Waals surface area contributed by atoms with Gasteiger partial charge in [0, 0.05) is 52.0 Å². The second-order valence-corrected chi connectivity index (χ2v) is 6.61. The van der Waals surface area contributed by atoms with Gasteiger partial charge in [-0.25, -0.2) is 0 Å². The van der Waals surface area contributed by atoms with Gasteiger partial charge in [-0.1, -0.05) is 0 Å². The zero-order valence-electron chi connectivity index (χ0n) is 13.9. The van der Waals surface area contributed by atoms with Gasteiger partial charge < -0.3 is 14.4 Å². The van der Waals surface area contributed by atoms with Crippen molar-refractivity contribution in [3.05, 3.63) is 11.6 Å². The van der Waals surface area contributed by atoms with Gasteiger partial charge in [0.1, 0.15) is 5.82 Å². The first-order valence-electron chi connectivity index (χ1n) is 8.34. The molecule has 2 aliphatic rings. The third kappa shape index (κ3) is 3.53. The summed E-state index contributed by atoms with van der Waals surface area (Å²) in [6.45, 7) is 4.71. The maximum atomic E-state index is 12.1. The van der Waals surface area contributed by atoms with Gasteiger partial charge in [-0.3, -0.25) is 4.79 Å². The first kappa shape index (κ1) is 15.9. The van der Waals surface area contributed by atoms with E-state index >= 15 is 0 Å². The van der Waals surface area contributed by atoms with Crippen molar-refractivity contribution in [2.45, 2.75) is 51.1 Å². The summed E-state index contributed by atoms with van der Waals surface area (Å²) in [6, 6.07) is 2.39. The summed E-state index contributed by atoms with van der Waals surface area (Å²) in [6.07, 6.45) is 3.89. The second kappa shape index (κ2) is 6.67. The van der Waals surface area contributed by atoms with Gasteiger partial charge in [-0.05, 0) is 19.3 Å². The first-order valence-corrected chi connectivity index (χ1v) is 8.34. The van der Waals surface area contributed by atoms with Crippen molar-refractivity contribution < 1.29 is 4.79 Å². The molecular weight excluding hydrogens is 292 g/mol. The van der Waals surface area contributed by atoms with Crippen LogP contribution in [-0.2, 0) is 18.4 Å². The SMILES string of the molecule is CC(=O)N(Cc1nnc(C2CC2)n1C)C1CCN(CCC#N)C1. The van der Waals surface area contributed by atoms with Gasteiger partial charge in [0.15, 0.2) is 5.82 Å². The highest BCUT2D eigenvalue weighted by atomic mass is 16.2. The molecule has 7 heteroatoms. The predicted octanol–water partition coefficient (Wildman–Crippen LogP) is 1.03. The maximum absolute atomic E-state index is 12.1. The number of nitriles is 1. The van der Waals surface area contributed by atoms with E-state index in [2.05, 4.69) is 25.7 Å². The molecule has 1 aliphatic heterocycles. The minimum atomic E-state index is 0.0769. The fraction of sp³-hybridized carbons (Fsp3) is 0.750. The summed E-state index contributed by atoms with van der Waals surface area (Å²) in [4.78, 5) is 16.3. The quantitative estimate of drug-likeness (QED) is 0.783. The van der Waals surface area contributed by atoms with E-state index in [4.69, 9.17) is 5.26 Å². The van der Waals surface area contributed by atoms with Gasteiger partial charge in [0.05, 0.1) is 12.6 Å². The number of rotatable bonds is 6. The van der Waals surface area contributed by atoms with E-state index in [0.29, 0.717) is 18.9 Å². The van der Waals surface area contributed by atoms with Gasteiger partial charge in [-0.2, -0.15) is 5.26 Å². The lowest BCUT2D eigenvalue weighted by molar-refractivity contribution is -0.131. The van der Waals surface area contributed by atoms with Crippen LogP contribution in [0.25, 0.3) is 0 Å². The van der Waals surface area contributed by atoms with Crippen molar-refractivity contribution in [2.75, 3.05) is 19.6 Å². The van der Waals surface area contributed by atoms with Crippen LogP contribution in [0.5, 0.6) is 0 Å². The molecule has 1 aromatic rings. The van der Waals surface area contributed by atoms with E-state index in [0.717, 1.165) is 37.7 Å². The molecule has 0 N–H and O–H groups in total. The van der Waals surface area contributed by atoms with Crippen LogP contribution in [0.1, 0.15) is 50.2 Å². The Morgan fingerprint density at radius 3 is 2.83 bits per heavy atom. The van der Waals surface area contributed by atoms with E-state index in [-0.39, 0.29) is 11.9 Å². The number of nitrogens with zero attached hydrogens (tertiary/aromatic N) is 6. The Balaban J connectivity index is 1.66. The van der Waals surface area contributed by atoms with Crippen LogP contribution in [-0.4, -0.2) is 56.1 Å². The zero-order valence-corrected chi connectivity index (χ0v) is 13.9. The lowest BCUT2D eigenvalue weighted by Crippen LogP contribution is -2.41.